The van der Waals surface area contributed by atoms with E-state index in [4.69, 9.17) is 12.2 Å². The number of aromatic amines is 1. The van der Waals surface area contributed by atoms with Gasteiger partial charge in [-0.1, -0.05) is 12.1 Å². The molecule has 1 unspecified atom stereocenters. The van der Waals surface area contributed by atoms with Crippen LogP contribution in [0.2, 0.25) is 0 Å². The third-order valence-corrected chi connectivity index (χ3v) is 3.84. The molecule has 3 rings (SSSR count). The minimum atomic E-state index is 0.186. The Morgan fingerprint density at radius 2 is 1.95 bits per heavy atom. The molecule has 3 aromatic rings. The van der Waals surface area contributed by atoms with Crippen LogP contribution in [-0.2, 0) is 0 Å². The highest BCUT2D eigenvalue weighted by Crippen LogP contribution is 2.25. The number of aryl methyl sites for hydroxylation is 1. The average Bonchev–Trinajstić information content (AvgIpc) is 2.77. The number of H-pyrrole nitrogens is 1. The highest BCUT2D eigenvalue weighted by molar-refractivity contribution is 7.71. The summed E-state index contributed by atoms with van der Waals surface area (Å²) in [4.78, 5) is 7.37. The first-order valence-electron chi connectivity index (χ1n) is 6.28. The molecule has 0 fully saturated rings. The van der Waals surface area contributed by atoms with Crippen molar-refractivity contribution in [3.8, 4) is 0 Å². The van der Waals surface area contributed by atoms with Gasteiger partial charge >= 0.3 is 0 Å². The molecule has 2 aromatic heterocycles. The molecule has 1 aromatic carbocycles. The van der Waals surface area contributed by atoms with Gasteiger partial charge in [-0.05, 0) is 55.4 Å². The molecular weight excluding hydrogens is 254 g/mol. The second-order valence-electron chi connectivity index (χ2n) is 4.73. The second kappa shape index (κ2) is 4.63. The first-order valence-corrected chi connectivity index (χ1v) is 6.69. The number of aromatic nitrogens is 3. The topological polar surface area (TPSA) is 33.6 Å². The van der Waals surface area contributed by atoms with E-state index < -0.39 is 0 Å². The predicted molar refractivity (Wildman–Crippen MR) is 79.9 cm³/mol. The number of para-hydroxylation sites is 1. The van der Waals surface area contributed by atoms with Gasteiger partial charge in [0.15, 0.2) is 4.77 Å². The molecule has 1 atom stereocenters. The fourth-order valence-corrected chi connectivity index (χ4v) is 2.83. The first kappa shape index (κ1) is 12.1. The van der Waals surface area contributed by atoms with Gasteiger partial charge in [0.25, 0.3) is 0 Å². The summed E-state index contributed by atoms with van der Waals surface area (Å²) in [6.45, 7) is 4.25. The molecule has 0 saturated heterocycles. The summed E-state index contributed by atoms with van der Waals surface area (Å²) in [5.41, 5.74) is 4.68. The third-order valence-electron chi connectivity index (χ3n) is 3.54. The number of nitrogens with one attached hydrogen (secondary N) is 1. The summed E-state index contributed by atoms with van der Waals surface area (Å²) in [7, 11) is 0. The standard InChI is InChI=1S/C15H15N3S/c1-10-4-3-5-13-14(10)17-15(19)18(13)11(2)12-6-8-16-9-7-12/h3-9,11H,1-2H3,(H,17,19). The van der Waals surface area contributed by atoms with Crippen molar-refractivity contribution in [3.05, 3.63) is 58.6 Å². The number of hydrogen-bond acceptors (Lipinski definition) is 2. The Balaban J connectivity index is 2.23. The summed E-state index contributed by atoms with van der Waals surface area (Å²) in [5, 5.41) is 0. The minimum absolute atomic E-state index is 0.186. The molecule has 0 amide bonds. The number of fused-ring (bicyclic) bond motifs is 1. The van der Waals surface area contributed by atoms with Gasteiger partial charge in [-0.25, -0.2) is 0 Å². The van der Waals surface area contributed by atoms with Crippen molar-refractivity contribution in [1.29, 1.82) is 0 Å². The van der Waals surface area contributed by atoms with Crippen LogP contribution in [0, 0.1) is 11.7 Å². The molecule has 0 aliphatic rings. The molecule has 0 spiro atoms. The van der Waals surface area contributed by atoms with Crippen molar-refractivity contribution in [2.24, 2.45) is 0 Å². The quantitative estimate of drug-likeness (QED) is 0.713. The average molecular weight is 269 g/mol. The number of benzene rings is 1. The Morgan fingerprint density at radius 3 is 2.68 bits per heavy atom. The molecule has 96 valence electrons. The lowest BCUT2D eigenvalue weighted by atomic mass is 10.1. The van der Waals surface area contributed by atoms with Crippen molar-refractivity contribution in [1.82, 2.24) is 14.5 Å². The van der Waals surface area contributed by atoms with Crippen LogP contribution in [-0.4, -0.2) is 14.5 Å². The van der Waals surface area contributed by atoms with Crippen molar-refractivity contribution >= 4 is 23.3 Å². The summed E-state index contributed by atoms with van der Waals surface area (Å²) < 4.78 is 2.92. The Labute approximate surface area is 116 Å². The van der Waals surface area contributed by atoms with Crippen LogP contribution in [0.1, 0.15) is 24.1 Å². The van der Waals surface area contributed by atoms with Gasteiger partial charge in [-0.2, -0.15) is 0 Å². The lowest BCUT2D eigenvalue weighted by molar-refractivity contribution is 0.648. The zero-order valence-corrected chi connectivity index (χ0v) is 11.7. The molecule has 0 bridgehead atoms. The van der Waals surface area contributed by atoms with Gasteiger partial charge in [0.2, 0.25) is 0 Å². The number of hydrogen-bond donors (Lipinski definition) is 1. The van der Waals surface area contributed by atoms with E-state index in [0.717, 1.165) is 15.8 Å². The molecule has 2 heterocycles. The smallest absolute Gasteiger partial charge is 0.178 e. The molecule has 0 aliphatic heterocycles. The fourth-order valence-electron chi connectivity index (χ4n) is 2.47. The molecule has 19 heavy (non-hydrogen) atoms. The summed E-state index contributed by atoms with van der Waals surface area (Å²) in [6, 6.07) is 10.5. The maximum atomic E-state index is 5.48. The van der Waals surface area contributed by atoms with E-state index in [1.54, 1.807) is 0 Å². The lowest BCUT2D eigenvalue weighted by Gasteiger charge is -2.14. The maximum absolute atomic E-state index is 5.48. The van der Waals surface area contributed by atoms with Gasteiger partial charge < -0.3 is 9.55 Å². The van der Waals surface area contributed by atoms with E-state index in [-0.39, 0.29) is 6.04 Å². The molecule has 1 N–H and O–H groups in total. The summed E-state index contributed by atoms with van der Waals surface area (Å²) in [6.07, 6.45) is 3.63. The van der Waals surface area contributed by atoms with Crippen LogP contribution >= 0.6 is 12.2 Å². The molecule has 0 saturated carbocycles. The molecule has 0 aliphatic carbocycles. The number of imidazole rings is 1. The lowest BCUT2D eigenvalue weighted by Crippen LogP contribution is -2.06. The number of rotatable bonds is 2. The SMILES string of the molecule is Cc1cccc2c1[nH]c(=S)n2C(C)c1ccncc1. The largest absolute Gasteiger partial charge is 0.330 e. The number of pyridine rings is 1. The Bertz CT molecular complexity index is 771. The molecular formula is C15H15N3S. The Morgan fingerprint density at radius 1 is 1.21 bits per heavy atom. The molecule has 0 radical (unpaired) electrons. The van der Waals surface area contributed by atoms with Crippen molar-refractivity contribution in [2.75, 3.05) is 0 Å². The van der Waals surface area contributed by atoms with E-state index in [2.05, 4.69) is 46.6 Å². The van der Waals surface area contributed by atoms with E-state index >= 15 is 0 Å². The van der Waals surface area contributed by atoms with E-state index in [9.17, 15) is 0 Å². The normalized spacial score (nSPS) is 12.7. The van der Waals surface area contributed by atoms with Crippen LogP contribution in [0.25, 0.3) is 11.0 Å². The highest BCUT2D eigenvalue weighted by atomic mass is 32.1. The Hall–Kier alpha value is -1.94. The minimum Gasteiger partial charge on any atom is -0.330 e. The van der Waals surface area contributed by atoms with Gasteiger partial charge in [-0.3, -0.25) is 4.98 Å². The van der Waals surface area contributed by atoms with E-state index in [0.29, 0.717) is 0 Å². The highest BCUT2D eigenvalue weighted by Gasteiger charge is 2.13. The maximum Gasteiger partial charge on any atom is 0.178 e. The zero-order valence-electron chi connectivity index (χ0n) is 10.9. The van der Waals surface area contributed by atoms with Crippen LogP contribution < -0.4 is 0 Å². The number of nitrogens with zero attached hydrogens (tertiary/aromatic N) is 2. The van der Waals surface area contributed by atoms with Crippen molar-refractivity contribution < 1.29 is 0 Å². The fraction of sp³-hybridized carbons (Fsp3) is 0.200. The molecule has 3 nitrogen and oxygen atoms in total. The van der Waals surface area contributed by atoms with Crippen molar-refractivity contribution in [2.45, 2.75) is 19.9 Å². The van der Waals surface area contributed by atoms with Crippen LogP contribution in [0.5, 0.6) is 0 Å². The third kappa shape index (κ3) is 1.98. The Kier molecular flexibility index (Phi) is 2.95. The van der Waals surface area contributed by atoms with Gasteiger partial charge in [0, 0.05) is 12.4 Å². The van der Waals surface area contributed by atoms with Crippen LogP contribution in [0.4, 0.5) is 0 Å². The molecule has 4 heteroatoms. The van der Waals surface area contributed by atoms with Gasteiger partial charge in [-0.15, -0.1) is 0 Å². The predicted octanol–water partition coefficient (Wildman–Crippen LogP) is 4.01. The van der Waals surface area contributed by atoms with E-state index in [1.807, 2.05) is 24.5 Å². The van der Waals surface area contributed by atoms with Crippen LogP contribution in [0.3, 0.4) is 0 Å². The van der Waals surface area contributed by atoms with E-state index in [1.165, 1.54) is 11.1 Å². The summed E-state index contributed by atoms with van der Waals surface area (Å²) in [5.74, 6) is 0. The van der Waals surface area contributed by atoms with Gasteiger partial charge in [0.05, 0.1) is 17.1 Å². The monoisotopic (exact) mass is 269 g/mol. The zero-order chi connectivity index (χ0) is 13.4. The first-order chi connectivity index (χ1) is 9.18. The second-order valence-corrected chi connectivity index (χ2v) is 5.11. The van der Waals surface area contributed by atoms with Crippen LogP contribution in [0.15, 0.2) is 42.7 Å². The summed E-state index contributed by atoms with van der Waals surface area (Å²) >= 11 is 5.48. The van der Waals surface area contributed by atoms with Gasteiger partial charge in [0.1, 0.15) is 0 Å². The van der Waals surface area contributed by atoms with Crippen molar-refractivity contribution in [3.63, 3.8) is 0 Å².